The zero-order chi connectivity index (χ0) is 13.5. The number of rotatable bonds is 6. The van der Waals surface area contributed by atoms with E-state index in [0.29, 0.717) is 16.2 Å². The minimum absolute atomic E-state index is 0.00403. The van der Waals surface area contributed by atoms with Gasteiger partial charge in [0.25, 0.3) is 0 Å². The van der Waals surface area contributed by atoms with E-state index < -0.39 is 0 Å². The third-order valence-corrected chi connectivity index (χ3v) is 3.11. The lowest BCUT2D eigenvalue weighted by molar-refractivity contribution is -0.119. The lowest BCUT2D eigenvalue weighted by Gasteiger charge is -2.14. The van der Waals surface area contributed by atoms with Gasteiger partial charge in [-0.25, -0.2) is 0 Å². The summed E-state index contributed by atoms with van der Waals surface area (Å²) >= 11 is 4.96. The summed E-state index contributed by atoms with van der Waals surface area (Å²) in [6, 6.07) is 7.34. The highest BCUT2D eigenvalue weighted by atomic mass is 32.1. The van der Waals surface area contributed by atoms with E-state index in [9.17, 15) is 4.79 Å². The smallest absolute Gasteiger partial charge is 0.227 e. The van der Waals surface area contributed by atoms with Crippen LogP contribution in [0.5, 0.6) is 0 Å². The number of hydrogen-bond donors (Lipinski definition) is 2. The van der Waals surface area contributed by atoms with Crippen molar-refractivity contribution in [2.75, 3.05) is 5.32 Å². The lowest BCUT2D eigenvalue weighted by atomic mass is 10.0. The molecule has 1 unspecified atom stereocenters. The van der Waals surface area contributed by atoms with Gasteiger partial charge in [-0.1, -0.05) is 51.0 Å². The van der Waals surface area contributed by atoms with Crippen LogP contribution in [0.25, 0.3) is 0 Å². The number of benzene rings is 1. The molecule has 0 heterocycles. The molecule has 1 rings (SSSR count). The van der Waals surface area contributed by atoms with Crippen LogP contribution in [-0.4, -0.2) is 10.9 Å². The maximum atomic E-state index is 12.0. The zero-order valence-electron chi connectivity index (χ0n) is 10.9. The van der Waals surface area contributed by atoms with Crippen LogP contribution in [0.2, 0.25) is 0 Å². The Morgan fingerprint density at radius 3 is 2.72 bits per heavy atom. The van der Waals surface area contributed by atoms with E-state index in [2.05, 4.69) is 12.2 Å². The monoisotopic (exact) mass is 264 g/mol. The van der Waals surface area contributed by atoms with E-state index in [1.807, 2.05) is 31.2 Å². The number of thiocarbonyl (C=S) groups is 1. The maximum absolute atomic E-state index is 12.0. The summed E-state index contributed by atoms with van der Waals surface area (Å²) in [5.74, 6) is 0.0245. The summed E-state index contributed by atoms with van der Waals surface area (Å²) in [6.07, 6.45) is 3.06. The van der Waals surface area contributed by atoms with Gasteiger partial charge in [-0.05, 0) is 18.6 Å². The second-order valence-corrected chi connectivity index (χ2v) is 4.88. The van der Waals surface area contributed by atoms with Crippen molar-refractivity contribution in [3.8, 4) is 0 Å². The van der Waals surface area contributed by atoms with Gasteiger partial charge < -0.3 is 11.1 Å². The molecule has 0 aliphatic heterocycles. The summed E-state index contributed by atoms with van der Waals surface area (Å²) in [4.78, 5) is 12.3. The molecule has 0 aliphatic rings. The Bertz CT molecular complexity index is 432. The van der Waals surface area contributed by atoms with E-state index >= 15 is 0 Å². The summed E-state index contributed by atoms with van der Waals surface area (Å²) in [5.41, 5.74) is 7.03. The fraction of sp³-hybridized carbons (Fsp3) is 0.429. The number of carbonyl (C=O) groups excluding carboxylic acids is 1. The minimum atomic E-state index is 0.00403. The summed E-state index contributed by atoms with van der Waals surface area (Å²) in [5, 5.41) is 2.89. The Morgan fingerprint density at radius 2 is 2.11 bits per heavy atom. The van der Waals surface area contributed by atoms with Gasteiger partial charge in [0.05, 0.1) is 5.69 Å². The molecule has 0 fully saturated rings. The van der Waals surface area contributed by atoms with Crippen molar-refractivity contribution < 1.29 is 4.79 Å². The number of carbonyl (C=O) groups is 1. The fourth-order valence-electron chi connectivity index (χ4n) is 1.70. The highest BCUT2D eigenvalue weighted by Crippen LogP contribution is 2.17. The standard InChI is InChI=1S/C14H20N2OS/c1-3-4-7-10(2)14(17)16-12-9-6-5-8-11(12)13(15)18/h5-6,8-10H,3-4,7H2,1-2H3,(H2,15,18)(H,16,17). The van der Waals surface area contributed by atoms with Crippen LogP contribution in [-0.2, 0) is 4.79 Å². The first-order valence-electron chi connectivity index (χ1n) is 6.26. The van der Waals surface area contributed by atoms with Crippen molar-refractivity contribution in [3.63, 3.8) is 0 Å². The van der Waals surface area contributed by atoms with Gasteiger partial charge in [0, 0.05) is 11.5 Å². The normalized spacial score (nSPS) is 11.9. The van der Waals surface area contributed by atoms with Gasteiger partial charge in [-0.2, -0.15) is 0 Å². The molecule has 3 N–H and O–H groups in total. The summed E-state index contributed by atoms with van der Waals surface area (Å²) in [7, 11) is 0. The van der Waals surface area contributed by atoms with Gasteiger partial charge in [-0.15, -0.1) is 0 Å². The van der Waals surface area contributed by atoms with Crippen molar-refractivity contribution in [1.29, 1.82) is 0 Å². The van der Waals surface area contributed by atoms with Crippen LogP contribution in [0.4, 0.5) is 5.69 Å². The first-order valence-corrected chi connectivity index (χ1v) is 6.66. The first kappa shape index (κ1) is 14.6. The fourth-order valence-corrected chi connectivity index (χ4v) is 1.88. The number of hydrogen-bond acceptors (Lipinski definition) is 2. The van der Waals surface area contributed by atoms with Crippen LogP contribution >= 0.6 is 12.2 Å². The second kappa shape index (κ2) is 7.11. The number of nitrogens with two attached hydrogens (primary N) is 1. The number of anilines is 1. The average molecular weight is 264 g/mol. The van der Waals surface area contributed by atoms with Crippen LogP contribution in [0.3, 0.4) is 0 Å². The van der Waals surface area contributed by atoms with Gasteiger partial charge in [0.2, 0.25) is 5.91 Å². The average Bonchev–Trinajstić information content (AvgIpc) is 2.36. The Hall–Kier alpha value is -1.42. The third kappa shape index (κ3) is 4.11. The largest absolute Gasteiger partial charge is 0.389 e. The first-order chi connectivity index (χ1) is 8.56. The molecule has 98 valence electrons. The van der Waals surface area contributed by atoms with E-state index in [1.54, 1.807) is 0 Å². The minimum Gasteiger partial charge on any atom is -0.389 e. The van der Waals surface area contributed by atoms with Crippen molar-refractivity contribution in [1.82, 2.24) is 0 Å². The Labute approximate surface area is 114 Å². The highest BCUT2D eigenvalue weighted by Gasteiger charge is 2.14. The molecule has 1 amide bonds. The van der Waals surface area contributed by atoms with Gasteiger partial charge in [0.1, 0.15) is 4.99 Å². The summed E-state index contributed by atoms with van der Waals surface area (Å²) < 4.78 is 0. The molecule has 0 spiro atoms. The summed E-state index contributed by atoms with van der Waals surface area (Å²) in [6.45, 7) is 4.06. The quantitative estimate of drug-likeness (QED) is 0.776. The SMILES string of the molecule is CCCCC(C)C(=O)Nc1ccccc1C(N)=S. The maximum Gasteiger partial charge on any atom is 0.227 e. The van der Waals surface area contributed by atoms with Crippen LogP contribution in [0.15, 0.2) is 24.3 Å². The molecule has 3 nitrogen and oxygen atoms in total. The van der Waals surface area contributed by atoms with Crippen molar-refractivity contribution in [2.24, 2.45) is 11.7 Å². The molecule has 1 aromatic carbocycles. The Balaban J connectivity index is 2.72. The van der Waals surface area contributed by atoms with E-state index in [0.717, 1.165) is 19.3 Å². The van der Waals surface area contributed by atoms with E-state index in [1.165, 1.54) is 0 Å². The molecule has 0 aliphatic carbocycles. The number of para-hydroxylation sites is 1. The van der Waals surface area contributed by atoms with Crippen LogP contribution in [0, 0.1) is 5.92 Å². The molecule has 1 atom stereocenters. The number of unbranched alkanes of at least 4 members (excludes halogenated alkanes) is 1. The van der Waals surface area contributed by atoms with E-state index in [-0.39, 0.29) is 11.8 Å². The second-order valence-electron chi connectivity index (χ2n) is 4.44. The molecule has 0 aromatic heterocycles. The van der Waals surface area contributed by atoms with Gasteiger partial charge >= 0.3 is 0 Å². The number of amides is 1. The molecule has 18 heavy (non-hydrogen) atoms. The topological polar surface area (TPSA) is 55.1 Å². The molecule has 1 aromatic rings. The Kier molecular flexibility index (Phi) is 5.78. The van der Waals surface area contributed by atoms with E-state index in [4.69, 9.17) is 18.0 Å². The van der Waals surface area contributed by atoms with Crippen LogP contribution < -0.4 is 11.1 Å². The van der Waals surface area contributed by atoms with Crippen molar-refractivity contribution in [2.45, 2.75) is 33.1 Å². The van der Waals surface area contributed by atoms with Crippen molar-refractivity contribution in [3.05, 3.63) is 29.8 Å². The van der Waals surface area contributed by atoms with Gasteiger partial charge in [-0.3, -0.25) is 4.79 Å². The predicted octanol–water partition coefficient (Wildman–Crippen LogP) is 3.09. The predicted molar refractivity (Wildman–Crippen MR) is 79.6 cm³/mol. The Morgan fingerprint density at radius 1 is 1.44 bits per heavy atom. The molecule has 4 heteroatoms. The number of nitrogens with one attached hydrogen (secondary N) is 1. The molecule has 0 radical (unpaired) electrons. The lowest BCUT2D eigenvalue weighted by Crippen LogP contribution is -2.22. The molecule has 0 saturated heterocycles. The highest BCUT2D eigenvalue weighted by molar-refractivity contribution is 7.80. The zero-order valence-corrected chi connectivity index (χ0v) is 11.7. The molecular formula is C14H20N2OS. The van der Waals surface area contributed by atoms with Gasteiger partial charge in [0.15, 0.2) is 0 Å². The molecule has 0 saturated carbocycles. The molecule has 0 bridgehead atoms. The molecular weight excluding hydrogens is 244 g/mol. The van der Waals surface area contributed by atoms with Crippen molar-refractivity contribution >= 4 is 28.8 Å². The third-order valence-electron chi connectivity index (χ3n) is 2.89. The van der Waals surface area contributed by atoms with Crippen LogP contribution in [0.1, 0.15) is 38.7 Å².